The fourth-order valence-electron chi connectivity index (χ4n) is 4.87. The molecule has 1 saturated heterocycles. The van der Waals surface area contributed by atoms with Gasteiger partial charge in [0.05, 0.1) is 13.2 Å². The van der Waals surface area contributed by atoms with Crippen LogP contribution in [0.15, 0.2) is 30.3 Å². The van der Waals surface area contributed by atoms with Crippen molar-refractivity contribution in [2.45, 2.75) is 69.7 Å². The lowest BCUT2D eigenvalue weighted by atomic mass is 10.0. The molecule has 0 aliphatic carbocycles. The highest BCUT2D eigenvalue weighted by atomic mass is 32.2. The number of hydrogen-bond acceptors (Lipinski definition) is 9. The van der Waals surface area contributed by atoms with E-state index in [1.807, 2.05) is 12.3 Å². The molecule has 9 N–H and O–H groups in total. The number of carbonyl (C=O) groups is 6. The van der Waals surface area contributed by atoms with Crippen molar-refractivity contribution < 1.29 is 33.9 Å². The third-order valence-corrected chi connectivity index (χ3v) is 7.91. The lowest BCUT2D eigenvalue weighted by molar-refractivity contribution is -0.143. The summed E-state index contributed by atoms with van der Waals surface area (Å²) in [5.41, 5.74) is 11.6. The van der Waals surface area contributed by atoms with Crippen molar-refractivity contribution >= 4 is 47.2 Å². The van der Waals surface area contributed by atoms with Gasteiger partial charge in [0, 0.05) is 13.0 Å². The van der Waals surface area contributed by atoms with Crippen LogP contribution >= 0.6 is 11.8 Å². The van der Waals surface area contributed by atoms with Crippen LogP contribution in [0.3, 0.4) is 0 Å². The molecule has 0 aromatic heterocycles. The second kappa shape index (κ2) is 18.2. The minimum atomic E-state index is -1.26. The zero-order valence-corrected chi connectivity index (χ0v) is 26.2. The van der Waals surface area contributed by atoms with Gasteiger partial charge in [0.25, 0.3) is 0 Å². The molecule has 44 heavy (non-hydrogen) atoms. The summed E-state index contributed by atoms with van der Waals surface area (Å²) < 4.78 is 0. The highest BCUT2D eigenvalue weighted by molar-refractivity contribution is 7.98. The van der Waals surface area contributed by atoms with Crippen molar-refractivity contribution in [3.63, 3.8) is 0 Å². The number of amides is 6. The van der Waals surface area contributed by atoms with Crippen LogP contribution in [0.2, 0.25) is 0 Å². The van der Waals surface area contributed by atoms with Crippen molar-refractivity contribution in [1.82, 2.24) is 26.2 Å². The predicted octanol–water partition coefficient (Wildman–Crippen LogP) is -2.00. The van der Waals surface area contributed by atoms with E-state index in [1.165, 1.54) is 16.7 Å². The zero-order chi connectivity index (χ0) is 32.8. The van der Waals surface area contributed by atoms with Crippen LogP contribution in [0.5, 0.6) is 0 Å². The van der Waals surface area contributed by atoms with Crippen LogP contribution in [0.25, 0.3) is 0 Å². The average Bonchev–Trinajstić information content (AvgIpc) is 3.50. The van der Waals surface area contributed by atoms with Crippen LogP contribution in [0.4, 0.5) is 0 Å². The van der Waals surface area contributed by atoms with Gasteiger partial charge >= 0.3 is 0 Å². The molecule has 244 valence electrons. The van der Waals surface area contributed by atoms with Gasteiger partial charge in [-0.25, -0.2) is 0 Å². The average molecular weight is 636 g/mol. The Morgan fingerprint density at radius 2 is 1.64 bits per heavy atom. The number of aliphatic hydroxyl groups excluding tert-OH is 1. The summed E-state index contributed by atoms with van der Waals surface area (Å²) in [6.45, 7) is 2.65. The Hall–Kier alpha value is -3.69. The van der Waals surface area contributed by atoms with Gasteiger partial charge in [-0.1, -0.05) is 44.2 Å². The SMILES string of the molecule is CSCCC(NC(=O)C1CCCN1C(=O)C(CO)NC(=O)CN)C(=O)NC(Cc1ccccc1)C(=O)NC(C(N)=O)C(C)C. The fraction of sp³-hybridized carbons (Fsp3) is 0.586. The molecule has 1 aromatic carbocycles. The summed E-state index contributed by atoms with van der Waals surface area (Å²) in [6, 6.07) is 3.75. The third kappa shape index (κ3) is 10.8. The molecule has 1 fully saturated rings. The molecule has 1 heterocycles. The molecule has 1 aromatic rings. The van der Waals surface area contributed by atoms with Gasteiger partial charge in [-0.3, -0.25) is 28.8 Å². The van der Waals surface area contributed by atoms with Gasteiger partial charge in [-0.15, -0.1) is 0 Å². The first-order valence-corrected chi connectivity index (χ1v) is 16.0. The Labute approximate surface area is 261 Å². The van der Waals surface area contributed by atoms with E-state index in [2.05, 4.69) is 21.3 Å². The molecule has 6 amide bonds. The number of nitrogens with two attached hydrogens (primary N) is 2. The standard InChI is InChI=1S/C29H45N7O7S/c1-17(2)24(25(31)39)35-27(41)20(14-18-8-5-4-6-9-18)34-26(40)19(11-13-44-3)33-28(42)22-10-7-12-36(22)29(43)21(16-37)32-23(38)15-30/h4-6,8-9,17,19-22,24,37H,7,10-16,30H2,1-3H3,(H2,31,39)(H,32,38)(H,33,42)(H,34,40)(H,35,41). The monoisotopic (exact) mass is 635 g/mol. The Morgan fingerprint density at radius 1 is 0.977 bits per heavy atom. The molecule has 0 bridgehead atoms. The molecule has 15 heteroatoms. The Morgan fingerprint density at radius 3 is 2.20 bits per heavy atom. The molecule has 2 rings (SSSR count). The molecule has 1 aliphatic rings. The van der Waals surface area contributed by atoms with Crippen molar-refractivity contribution in [2.24, 2.45) is 17.4 Å². The summed E-state index contributed by atoms with van der Waals surface area (Å²) in [5.74, 6) is -3.52. The minimum absolute atomic E-state index is 0.118. The molecule has 0 saturated carbocycles. The van der Waals surface area contributed by atoms with Crippen molar-refractivity contribution in [2.75, 3.05) is 31.7 Å². The summed E-state index contributed by atoms with van der Waals surface area (Å²) in [7, 11) is 0. The predicted molar refractivity (Wildman–Crippen MR) is 166 cm³/mol. The van der Waals surface area contributed by atoms with E-state index >= 15 is 0 Å². The Balaban J connectivity index is 2.24. The van der Waals surface area contributed by atoms with Gasteiger partial charge in [-0.2, -0.15) is 11.8 Å². The van der Waals surface area contributed by atoms with E-state index < -0.39 is 72.3 Å². The number of hydrogen-bond donors (Lipinski definition) is 7. The van der Waals surface area contributed by atoms with Crippen molar-refractivity contribution in [3.8, 4) is 0 Å². The number of carbonyl (C=O) groups excluding carboxylic acids is 6. The summed E-state index contributed by atoms with van der Waals surface area (Å²) >= 11 is 1.46. The van der Waals surface area contributed by atoms with Gasteiger partial charge in [-0.05, 0) is 42.8 Å². The highest BCUT2D eigenvalue weighted by Crippen LogP contribution is 2.19. The topological polar surface area (TPSA) is 226 Å². The van der Waals surface area contributed by atoms with Crippen LogP contribution in [-0.2, 0) is 35.2 Å². The number of aliphatic hydroxyl groups is 1. The van der Waals surface area contributed by atoms with Crippen LogP contribution < -0.4 is 32.7 Å². The summed E-state index contributed by atoms with van der Waals surface area (Å²) in [5, 5.41) is 20.1. The first-order valence-electron chi connectivity index (χ1n) is 14.6. The third-order valence-electron chi connectivity index (χ3n) is 7.27. The lowest BCUT2D eigenvalue weighted by Crippen LogP contribution is -2.60. The number of likely N-dealkylation sites (tertiary alicyclic amines) is 1. The van der Waals surface area contributed by atoms with E-state index in [0.29, 0.717) is 18.6 Å². The number of primary amides is 1. The van der Waals surface area contributed by atoms with E-state index in [-0.39, 0.29) is 31.8 Å². The Kier molecular flexibility index (Phi) is 15.1. The van der Waals surface area contributed by atoms with Crippen molar-refractivity contribution in [3.05, 3.63) is 35.9 Å². The smallest absolute Gasteiger partial charge is 0.248 e. The highest BCUT2D eigenvalue weighted by Gasteiger charge is 2.39. The number of nitrogens with zero attached hydrogens (tertiary/aromatic N) is 1. The summed E-state index contributed by atoms with van der Waals surface area (Å²) in [6.07, 6.45) is 3.03. The first-order chi connectivity index (χ1) is 20.9. The number of thioether (sulfide) groups is 1. The quantitative estimate of drug-likeness (QED) is 0.100. The number of benzene rings is 1. The fourth-order valence-corrected chi connectivity index (χ4v) is 5.34. The molecule has 5 unspecified atom stereocenters. The molecular weight excluding hydrogens is 590 g/mol. The molecule has 0 radical (unpaired) electrons. The number of rotatable bonds is 17. The van der Waals surface area contributed by atoms with Crippen LogP contribution in [0, 0.1) is 5.92 Å². The minimum Gasteiger partial charge on any atom is -0.394 e. The van der Waals surface area contributed by atoms with Crippen LogP contribution in [0.1, 0.15) is 38.7 Å². The van der Waals surface area contributed by atoms with E-state index in [4.69, 9.17) is 11.5 Å². The molecule has 14 nitrogen and oxygen atoms in total. The van der Waals surface area contributed by atoms with Crippen LogP contribution in [-0.4, -0.2) is 107 Å². The summed E-state index contributed by atoms with van der Waals surface area (Å²) in [4.78, 5) is 78.4. The van der Waals surface area contributed by atoms with Gasteiger partial charge in [0.15, 0.2) is 0 Å². The molecule has 5 atom stereocenters. The maximum absolute atomic E-state index is 13.6. The van der Waals surface area contributed by atoms with Gasteiger partial charge in [0.2, 0.25) is 35.4 Å². The lowest BCUT2D eigenvalue weighted by Gasteiger charge is -2.30. The second-order valence-corrected chi connectivity index (χ2v) is 11.9. The zero-order valence-electron chi connectivity index (χ0n) is 25.4. The maximum Gasteiger partial charge on any atom is 0.248 e. The van der Waals surface area contributed by atoms with Crippen molar-refractivity contribution in [1.29, 1.82) is 0 Å². The molecular formula is C29H45N7O7S. The Bertz CT molecular complexity index is 1150. The first kappa shape index (κ1) is 36.5. The normalized spacial score (nSPS) is 17.2. The molecule has 1 aliphatic heterocycles. The maximum atomic E-state index is 13.6. The van der Waals surface area contributed by atoms with Gasteiger partial charge in [0.1, 0.15) is 30.2 Å². The number of nitrogens with one attached hydrogen (secondary N) is 4. The van der Waals surface area contributed by atoms with E-state index in [0.717, 1.165) is 5.56 Å². The van der Waals surface area contributed by atoms with Gasteiger partial charge < -0.3 is 42.7 Å². The second-order valence-electron chi connectivity index (χ2n) is 10.9. The largest absolute Gasteiger partial charge is 0.394 e. The van der Waals surface area contributed by atoms with E-state index in [1.54, 1.807) is 38.1 Å². The molecule has 0 spiro atoms. The van der Waals surface area contributed by atoms with E-state index in [9.17, 15) is 33.9 Å².